The number of ether oxygens (including phenoxy) is 2. The molecule has 1 unspecified atom stereocenters. The second kappa shape index (κ2) is 10.8. The fourth-order valence-corrected chi connectivity index (χ4v) is 1.98. The van der Waals surface area contributed by atoms with Crippen LogP contribution in [-0.2, 0) is 9.53 Å². The minimum Gasteiger partial charge on any atom is -0.483 e. The van der Waals surface area contributed by atoms with Crippen molar-refractivity contribution < 1.29 is 29.1 Å². The molecule has 0 heterocycles. The predicted molar refractivity (Wildman–Crippen MR) is 88.6 cm³/mol. The van der Waals surface area contributed by atoms with Gasteiger partial charge in [-0.25, -0.2) is 4.79 Å². The van der Waals surface area contributed by atoms with Crippen LogP contribution < -0.4 is 10.1 Å². The molecular formula is C16H22N2O7. The van der Waals surface area contributed by atoms with Crippen molar-refractivity contribution in [1.82, 2.24) is 5.32 Å². The third-order valence-electron chi connectivity index (χ3n) is 3.22. The van der Waals surface area contributed by atoms with Crippen LogP contribution in [0.5, 0.6) is 5.75 Å². The molecule has 0 spiro atoms. The first-order valence-corrected chi connectivity index (χ1v) is 7.96. The zero-order valence-electron chi connectivity index (χ0n) is 14.0. The summed E-state index contributed by atoms with van der Waals surface area (Å²) in [5.74, 6) is -1.11. The van der Waals surface area contributed by atoms with Crippen LogP contribution in [0, 0.1) is 10.1 Å². The zero-order valence-corrected chi connectivity index (χ0v) is 14.0. The van der Waals surface area contributed by atoms with E-state index in [-0.39, 0.29) is 30.8 Å². The normalized spacial score (nSPS) is 11.4. The summed E-state index contributed by atoms with van der Waals surface area (Å²) in [6.07, 6.45) is 0.0654. The van der Waals surface area contributed by atoms with Gasteiger partial charge in [0.2, 0.25) is 0 Å². The Morgan fingerprint density at radius 3 is 2.72 bits per heavy atom. The van der Waals surface area contributed by atoms with Gasteiger partial charge in [-0.3, -0.25) is 14.9 Å². The van der Waals surface area contributed by atoms with Crippen molar-refractivity contribution in [3.05, 3.63) is 34.4 Å². The van der Waals surface area contributed by atoms with Crippen molar-refractivity contribution >= 4 is 17.7 Å². The first-order chi connectivity index (χ1) is 11.9. The Hall–Kier alpha value is -2.84. The molecule has 0 aliphatic carbocycles. The van der Waals surface area contributed by atoms with Crippen molar-refractivity contribution in [3.63, 3.8) is 0 Å². The van der Waals surface area contributed by atoms with Gasteiger partial charge in [-0.15, -0.1) is 0 Å². The lowest BCUT2D eigenvalue weighted by Crippen LogP contribution is -2.31. The number of alkyl carbamates (subject to hydrolysis) is 1. The molecule has 0 fully saturated rings. The molecule has 1 aromatic rings. The maximum absolute atomic E-state index is 11.4. The zero-order chi connectivity index (χ0) is 18.7. The van der Waals surface area contributed by atoms with E-state index in [1.165, 1.54) is 18.2 Å². The van der Waals surface area contributed by atoms with Crippen LogP contribution >= 0.6 is 0 Å². The van der Waals surface area contributed by atoms with Crippen LogP contribution in [0.1, 0.15) is 32.6 Å². The van der Waals surface area contributed by atoms with Gasteiger partial charge >= 0.3 is 17.7 Å². The van der Waals surface area contributed by atoms with Crippen molar-refractivity contribution in [2.24, 2.45) is 0 Å². The van der Waals surface area contributed by atoms with Gasteiger partial charge in [-0.1, -0.05) is 25.5 Å². The second-order valence-electron chi connectivity index (χ2n) is 5.27. The van der Waals surface area contributed by atoms with Crippen LogP contribution in [0.4, 0.5) is 10.5 Å². The lowest BCUT2D eigenvalue weighted by molar-refractivity contribution is -0.386. The molecule has 0 bridgehead atoms. The van der Waals surface area contributed by atoms with Crippen LogP contribution in [-0.4, -0.2) is 41.3 Å². The lowest BCUT2D eigenvalue weighted by atomic mass is 10.2. The SMILES string of the molecule is CCCCOC(=O)NCCC(CC(=O)O)Oc1ccccc1[N+](=O)[O-]. The Morgan fingerprint density at radius 1 is 1.36 bits per heavy atom. The third-order valence-corrected chi connectivity index (χ3v) is 3.22. The molecule has 9 heteroatoms. The number of carbonyl (C=O) groups is 2. The average molecular weight is 354 g/mol. The molecule has 1 atom stereocenters. The Labute approximate surface area is 145 Å². The number of para-hydroxylation sites is 2. The summed E-state index contributed by atoms with van der Waals surface area (Å²) in [6, 6.07) is 5.73. The average Bonchev–Trinajstić information content (AvgIpc) is 2.54. The van der Waals surface area contributed by atoms with E-state index in [4.69, 9.17) is 14.6 Å². The molecule has 0 radical (unpaired) electrons. The molecule has 1 amide bonds. The highest BCUT2D eigenvalue weighted by molar-refractivity contribution is 5.68. The molecule has 0 aromatic heterocycles. The van der Waals surface area contributed by atoms with Gasteiger partial charge < -0.3 is 19.9 Å². The summed E-state index contributed by atoms with van der Waals surface area (Å²) >= 11 is 0. The molecule has 0 saturated heterocycles. The molecule has 1 rings (SSSR count). The molecule has 25 heavy (non-hydrogen) atoms. The van der Waals surface area contributed by atoms with Crippen molar-refractivity contribution in [1.29, 1.82) is 0 Å². The van der Waals surface area contributed by atoms with E-state index in [2.05, 4.69) is 5.32 Å². The van der Waals surface area contributed by atoms with Crippen LogP contribution in [0.25, 0.3) is 0 Å². The van der Waals surface area contributed by atoms with Crippen molar-refractivity contribution in [3.8, 4) is 5.75 Å². The van der Waals surface area contributed by atoms with Gasteiger partial charge in [0.15, 0.2) is 5.75 Å². The quantitative estimate of drug-likeness (QED) is 0.355. The Morgan fingerprint density at radius 2 is 2.08 bits per heavy atom. The molecule has 0 aliphatic heterocycles. The third kappa shape index (κ3) is 8.00. The highest BCUT2D eigenvalue weighted by Crippen LogP contribution is 2.27. The van der Waals surface area contributed by atoms with E-state index in [0.29, 0.717) is 6.61 Å². The molecule has 9 nitrogen and oxygen atoms in total. The number of nitrogens with zero attached hydrogens (tertiary/aromatic N) is 1. The highest BCUT2D eigenvalue weighted by Gasteiger charge is 2.21. The van der Waals surface area contributed by atoms with Gasteiger partial charge in [-0.05, 0) is 12.5 Å². The molecular weight excluding hydrogens is 332 g/mol. The number of aliphatic carboxylic acids is 1. The minimum atomic E-state index is -1.10. The van der Waals surface area contributed by atoms with E-state index in [0.717, 1.165) is 12.8 Å². The van der Waals surface area contributed by atoms with Gasteiger partial charge in [0.1, 0.15) is 6.10 Å². The number of carboxylic acids is 1. The lowest BCUT2D eigenvalue weighted by Gasteiger charge is -2.17. The number of benzene rings is 1. The molecule has 1 aromatic carbocycles. The van der Waals surface area contributed by atoms with E-state index in [1.807, 2.05) is 6.92 Å². The van der Waals surface area contributed by atoms with Gasteiger partial charge in [0.05, 0.1) is 18.0 Å². The van der Waals surface area contributed by atoms with Crippen LogP contribution in [0.15, 0.2) is 24.3 Å². The van der Waals surface area contributed by atoms with Gasteiger partial charge in [0.25, 0.3) is 0 Å². The predicted octanol–water partition coefficient (Wildman–Crippen LogP) is 2.73. The number of amides is 1. The first-order valence-electron chi connectivity index (χ1n) is 7.96. The monoisotopic (exact) mass is 354 g/mol. The van der Waals surface area contributed by atoms with Crippen LogP contribution in [0.3, 0.4) is 0 Å². The number of nitro groups is 1. The number of carbonyl (C=O) groups excluding carboxylic acids is 1. The Bertz CT molecular complexity index is 592. The standard InChI is InChI=1S/C16H22N2O7/c1-2-3-10-24-16(21)17-9-8-12(11-15(19)20)25-14-7-5-4-6-13(14)18(22)23/h4-7,12H,2-3,8-11H2,1H3,(H,17,21)(H,19,20). The van der Waals surface area contributed by atoms with Crippen molar-refractivity contribution in [2.75, 3.05) is 13.2 Å². The van der Waals surface area contributed by atoms with E-state index < -0.39 is 23.1 Å². The van der Waals surface area contributed by atoms with Gasteiger partial charge in [-0.2, -0.15) is 0 Å². The number of carboxylic acid groups (broad SMARTS) is 1. The summed E-state index contributed by atoms with van der Waals surface area (Å²) in [6.45, 7) is 2.41. The Balaban J connectivity index is 2.59. The fourth-order valence-electron chi connectivity index (χ4n) is 1.98. The second-order valence-corrected chi connectivity index (χ2v) is 5.27. The number of unbranched alkanes of at least 4 members (excludes halogenated alkanes) is 1. The maximum Gasteiger partial charge on any atom is 0.407 e. The van der Waals surface area contributed by atoms with Gasteiger partial charge in [0, 0.05) is 19.0 Å². The van der Waals surface area contributed by atoms with E-state index in [9.17, 15) is 19.7 Å². The molecule has 0 aliphatic rings. The molecule has 0 saturated carbocycles. The minimum absolute atomic E-state index is 0.00993. The first kappa shape index (κ1) is 20.2. The van der Waals surface area contributed by atoms with E-state index in [1.54, 1.807) is 6.07 Å². The topological polar surface area (TPSA) is 128 Å². The summed E-state index contributed by atoms with van der Waals surface area (Å²) < 4.78 is 10.4. The highest BCUT2D eigenvalue weighted by atomic mass is 16.6. The largest absolute Gasteiger partial charge is 0.483 e. The number of rotatable bonds is 11. The molecule has 2 N–H and O–H groups in total. The smallest absolute Gasteiger partial charge is 0.407 e. The Kier molecular flexibility index (Phi) is 8.77. The van der Waals surface area contributed by atoms with Crippen molar-refractivity contribution in [2.45, 2.75) is 38.7 Å². The summed E-state index contributed by atoms with van der Waals surface area (Å²) in [5, 5.41) is 22.5. The summed E-state index contributed by atoms with van der Waals surface area (Å²) in [5.41, 5.74) is -0.246. The number of nitrogens with one attached hydrogen (secondary N) is 1. The fraction of sp³-hybridized carbons (Fsp3) is 0.500. The molecule has 138 valence electrons. The van der Waals surface area contributed by atoms with Crippen LogP contribution in [0.2, 0.25) is 0 Å². The summed E-state index contributed by atoms with van der Waals surface area (Å²) in [4.78, 5) is 32.8. The number of hydrogen-bond donors (Lipinski definition) is 2. The van der Waals surface area contributed by atoms with E-state index >= 15 is 0 Å². The summed E-state index contributed by atoms with van der Waals surface area (Å²) in [7, 11) is 0. The number of hydrogen-bond acceptors (Lipinski definition) is 6. The number of nitro benzene ring substituents is 1. The maximum atomic E-state index is 11.4.